The van der Waals surface area contributed by atoms with Crippen molar-refractivity contribution in [3.05, 3.63) is 41.7 Å². The smallest absolute Gasteiger partial charge is 0.230 e. The van der Waals surface area contributed by atoms with E-state index in [0.717, 1.165) is 5.56 Å². The van der Waals surface area contributed by atoms with Gasteiger partial charge in [-0.3, -0.25) is 0 Å². The molecular weight excluding hydrogens is 368 g/mol. The van der Waals surface area contributed by atoms with Gasteiger partial charge in [-0.15, -0.1) is 0 Å². The normalized spacial score (nSPS) is 15.0. The molecule has 1 aromatic heterocycles. The second kappa shape index (κ2) is 8.59. The van der Waals surface area contributed by atoms with Gasteiger partial charge in [-0.25, -0.2) is 13.1 Å². The van der Waals surface area contributed by atoms with Crippen molar-refractivity contribution < 1.29 is 13.2 Å². The zero-order valence-corrected chi connectivity index (χ0v) is 16.3. The van der Waals surface area contributed by atoms with E-state index in [9.17, 15) is 8.42 Å². The van der Waals surface area contributed by atoms with Gasteiger partial charge in [0.2, 0.25) is 21.9 Å². The number of morpholine rings is 1. The molecule has 0 saturated carbocycles. The van der Waals surface area contributed by atoms with Crippen LogP contribution in [-0.4, -0.2) is 63.8 Å². The van der Waals surface area contributed by atoms with Crippen LogP contribution in [0.25, 0.3) is 0 Å². The number of hydrogen-bond acceptors (Lipinski definition) is 8. The predicted molar refractivity (Wildman–Crippen MR) is 103 cm³/mol. The average Bonchev–Trinajstić information content (AvgIpc) is 2.67. The SMILES string of the molecule is CN(C)c1nc(CNS(=O)(=O)Cc2ccccc2)nc(N2CCOCC2)n1. The van der Waals surface area contributed by atoms with Crippen LogP contribution in [0.3, 0.4) is 0 Å². The Labute approximate surface area is 159 Å². The Hall–Kier alpha value is -2.30. The summed E-state index contributed by atoms with van der Waals surface area (Å²) in [7, 11) is 0.169. The Balaban J connectivity index is 1.74. The largest absolute Gasteiger partial charge is 0.378 e. The highest BCUT2D eigenvalue weighted by Crippen LogP contribution is 2.14. The maximum atomic E-state index is 12.4. The third-order valence-electron chi connectivity index (χ3n) is 4.00. The highest BCUT2D eigenvalue weighted by Gasteiger charge is 2.18. The summed E-state index contributed by atoms with van der Waals surface area (Å²) in [6.45, 7) is 2.62. The molecule has 27 heavy (non-hydrogen) atoms. The van der Waals surface area contributed by atoms with Gasteiger partial charge in [0, 0.05) is 27.2 Å². The minimum Gasteiger partial charge on any atom is -0.378 e. The van der Waals surface area contributed by atoms with E-state index in [0.29, 0.717) is 44.0 Å². The van der Waals surface area contributed by atoms with Crippen LogP contribution in [-0.2, 0) is 27.1 Å². The number of benzene rings is 1. The molecule has 0 amide bonds. The fourth-order valence-corrected chi connectivity index (χ4v) is 3.68. The second-order valence-corrected chi connectivity index (χ2v) is 8.22. The van der Waals surface area contributed by atoms with Crippen molar-refractivity contribution in [1.82, 2.24) is 19.7 Å². The topological polar surface area (TPSA) is 101 Å². The molecule has 10 heteroatoms. The number of aromatic nitrogens is 3. The summed E-state index contributed by atoms with van der Waals surface area (Å²) in [5, 5.41) is 0. The molecule has 1 aromatic carbocycles. The Morgan fingerprint density at radius 3 is 2.48 bits per heavy atom. The molecule has 9 nitrogen and oxygen atoms in total. The fraction of sp³-hybridized carbons (Fsp3) is 0.471. The first-order valence-corrected chi connectivity index (χ1v) is 10.3. The monoisotopic (exact) mass is 392 g/mol. The summed E-state index contributed by atoms with van der Waals surface area (Å²) >= 11 is 0. The molecule has 0 atom stereocenters. The number of anilines is 2. The average molecular weight is 392 g/mol. The number of hydrogen-bond donors (Lipinski definition) is 1. The first kappa shape index (κ1) is 19.5. The molecule has 2 aromatic rings. The lowest BCUT2D eigenvalue weighted by atomic mass is 10.2. The quantitative estimate of drug-likeness (QED) is 0.722. The third kappa shape index (κ3) is 5.59. The molecule has 0 aliphatic carbocycles. The van der Waals surface area contributed by atoms with E-state index >= 15 is 0 Å². The maximum absolute atomic E-state index is 12.4. The molecule has 146 valence electrons. The van der Waals surface area contributed by atoms with Crippen LogP contribution >= 0.6 is 0 Å². The predicted octanol–water partition coefficient (Wildman–Crippen LogP) is 0.394. The van der Waals surface area contributed by atoms with Crippen molar-refractivity contribution in [3.8, 4) is 0 Å². The lowest BCUT2D eigenvalue weighted by molar-refractivity contribution is 0.122. The molecule has 0 unspecified atom stereocenters. The Kier molecular flexibility index (Phi) is 6.19. The van der Waals surface area contributed by atoms with Gasteiger partial charge >= 0.3 is 0 Å². The number of rotatable bonds is 7. The highest BCUT2D eigenvalue weighted by atomic mass is 32.2. The van der Waals surface area contributed by atoms with Crippen LogP contribution in [0, 0.1) is 0 Å². The highest BCUT2D eigenvalue weighted by molar-refractivity contribution is 7.88. The van der Waals surface area contributed by atoms with Crippen LogP contribution in [0.15, 0.2) is 30.3 Å². The Morgan fingerprint density at radius 1 is 1.11 bits per heavy atom. The minimum absolute atomic E-state index is 0.00979. The van der Waals surface area contributed by atoms with Crippen molar-refractivity contribution in [2.45, 2.75) is 12.3 Å². The van der Waals surface area contributed by atoms with Gasteiger partial charge in [-0.1, -0.05) is 30.3 Å². The lowest BCUT2D eigenvalue weighted by Gasteiger charge is -2.27. The zero-order valence-electron chi connectivity index (χ0n) is 15.5. The first-order chi connectivity index (χ1) is 12.9. The number of ether oxygens (including phenoxy) is 1. The van der Waals surface area contributed by atoms with Crippen LogP contribution in [0.5, 0.6) is 0 Å². The van der Waals surface area contributed by atoms with Gasteiger partial charge in [0.05, 0.1) is 25.5 Å². The third-order valence-corrected chi connectivity index (χ3v) is 5.30. The summed E-state index contributed by atoms with van der Waals surface area (Å²) in [4.78, 5) is 17.1. The molecule has 1 aliphatic heterocycles. The van der Waals surface area contributed by atoms with Gasteiger partial charge in [-0.05, 0) is 5.56 Å². The zero-order chi connectivity index (χ0) is 19.3. The van der Waals surface area contributed by atoms with Crippen molar-refractivity contribution in [2.24, 2.45) is 0 Å². The van der Waals surface area contributed by atoms with Crippen molar-refractivity contribution in [3.63, 3.8) is 0 Å². The molecule has 1 fully saturated rings. The van der Waals surface area contributed by atoms with Gasteiger partial charge < -0.3 is 14.5 Å². The van der Waals surface area contributed by atoms with Crippen LogP contribution in [0.4, 0.5) is 11.9 Å². The van der Waals surface area contributed by atoms with Crippen LogP contribution < -0.4 is 14.5 Å². The maximum Gasteiger partial charge on any atom is 0.230 e. The van der Waals surface area contributed by atoms with E-state index in [1.54, 1.807) is 17.0 Å². The van der Waals surface area contributed by atoms with Crippen molar-refractivity contribution in [2.75, 3.05) is 50.2 Å². The van der Waals surface area contributed by atoms with Gasteiger partial charge in [-0.2, -0.15) is 15.0 Å². The van der Waals surface area contributed by atoms with E-state index in [4.69, 9.17) is 4.74 Å². The molecule has 2 heterocycles. The van der Waals surface area contributed by atoms with E-state index in [1.807, 2.05) is 37.2 Å². The van der Waals surface area contributed by atoms with E-state index in [1.165, 1.54) is 0 Å². The van der Waals surface area contributed by atoms with Gasteiger partial charge in [0.25, 0.3) is 0 Å². The summed E-state index contributed by atoms with van der Waals surface area (Å²) in [6, 6.07) is 9.04. The fourth-order valence-electron chi connectivity index (χ4n) is 2.60. The number of nitrogens with zero attached hydrogens (tertiary/aromatic N) is 5. The summed E-state index contributed by atoms with van der Waals surface area (Å²) < 4.78 is 32.7. The van der Waals surface area contributed by atoms with E-state index in [2.05, 4.69) is 19.7 Å². The van der Waals surface area contributed by atoms with E-state index in [-0.39, 0.29) is 12.3 Å². The van der Waals surface area contributed by atoms with Crippen LogP contribution in [0.2, 0.25) is 0 Å². The minimum atomic E-state index is -3.50. The van der Waals surface area contributed by atoms with Gasteiger partial charge in [0.1, 0.15) is 0 Å². The molecule has 1 saturated heterocycles. The first-order valence-electron chi connectivity index (χ1n) is 8.69. The second-order valence-electron chi connectivity index (χ2n) is 6.41. The van der Waals surface area contributed by atoms with Crippen molar-refractivity contribution >= 4 is 21.9 Å². The number of nitrogens with one attached hydrogen (secondary N) is 1. The molecule has 0 radical (unpaired) electrons. The lowest BCUT2D eigenvalue weighted by Crippen LogP contribution is -2.38. The summed E-state index contributed by atoms with van der Waals surface area (Å²) in [6.07, 6.45) is 0. The van der Waals surface area contributed by atoms with E-state index < -0.39 is 10.0 Å². The standard InChI is InChI=1S/C17H24N6O3S/c1-22(2)16-19-15(20-17(21-16)23-8-10-26-11-9-23)12-18-27(24,25)13-14-6-4-3-5-7-14/h3-7,18H,8-13H2,1-2H3. The van der Waals surface area contributed by atoms with Crippen LogP contribution in [0.1, 0.15) is 11.4 Å². The molecule has 0 spiro atoms. The molecule has 0 bridgehead atoms. The Morgan fingerprint density at radius 2 is 1.81 bits per heavy atom. The molecular formula is C17H24N6O3S. The summed E-state index contributed by atoms with van der Waals surface area (Å²) in [5.74, 6) is 1.32. The Bertz CT molecular complexity index is 854. The molecule has 1 aliphatic rings. The molecule has 3 rings (SSSR count). The summed E-state index contributed by atoms with van der Waals surface area (Å²) in [5.41, 5.74) is 0.726. The number of sulfonamides is 1. The van der Waals surface area contributed by atoms with Crippen molar-refractivity contribution in [1.29, 1.82) is 0 Å². The van der Waals surface area contributed by atoms with Gasteiger partial charge in [0.15, 0.2) is 5.82 Å². The molecule has 1 N–H and O–H groups in total.